The van der Waals surface area contributed by atoms with Crippen molar-refractivity contribution in [3.63, 3.8) is 0 Å². The molecule has 3 rings (SSSR count). The molecule has 1 spiro atoms. The third kappa shape index (κ3) is 3.29. The normalized spacial score (nSPS) is 30.3. The zero-order valence-corrected chi connectivity index (χ0v) is 16.0. The monoisotopic (exact) mass is 373 g/mol. The van der Waals surface area contributed by atoms with Gasteiger partial charge in [0.1, 0.15) is 17.3 Å². The number of thiophene rings is 1. The summed E-state index contributed by atoms with van der Waals surface area (Å²) in [7, 11) is 0. The number of rotatable bonds is 0. The largest absolute Gasteiger partial charge is 0.444 e. The molecular formula is C17H24ClNO4S. The number of aliphatic hydroxyl groups excluding tert-OH is 1. The Labute approximate surface area is 151 Å². The van der Waals surface area contributed by atoms with Crippen LogP contribution in [0.15, 0.2) is 6.07 Å². The Morgan fingerprint density at radius 2 is 2.25 bits per heavy atom. The summed E-state index contributed by atoms with van der Waals surface area (Å²) in [5.74, 6) is 0. The summed E-state index contributed by atoms with van der Waals surface area (Å²) in [6.45, 7) is 8.43. The Kier molecular flexibility index (Phi) is 4.62. The average Bonchev–Trinajstić information content (AvgIpc) is 2.85. The number of likely N-dealkylation sites (tertiary alicyclic amines) is 1. The van der Waals surface area contributed by atoms with Crippen LogP contribution in [0.4, 0.5) is 4.79 Å². The van der Waals surface area contributed by atoms with Crippen LogP contribution in [0, 0.1) is 0 Å². The first-order valence-electron chi connectivity index (χ1n) is 8.23. The van der Waals surface area contributed by atoms with Crippen LogP contribution in [0.5, 0.6) is 0 Å². The minimum absolute atomic E-state index is 0.0161. The maximum absolute atomic E-state index is 12.4. The molecule has 0 aromatic carbocycles. The minimum Gasteiger partial charge on any atom is -0.444 e. The summed E-state index contributed by atoms with van der Waals surface area (Å²) in [5, 5.41) is 10.2. The number of carbonyl (C=O) groups is 1. The van der Waals surface area contributed by atoms with E-state index in [4.69, 9.17) is 21.1 Å². The van der Waals surface area contributed by atoms with Crippen molar-refractivity contribution in [3.05, 3.63) is 20.8 Å². The second-order valence-electron chi connectivity index (χ2n) is 7.63. The number of carbonyl (C=O) groups excluding carboxylic acids is 1. The zero-order valence-electron chi connectivity index (χ0n) is 14.5. The van der Waals surface area contributed by atoms with Gasteiger partial charge in [0.25, 0.3) is 0 Å². The van der Waals surface area contributed by atoms with Crippen molar-refractivity contribution in [2.75, 3.05) is 13.2 Å². The zero-order chi connectivity index (χ0) is 17.7. The molecule has 1 amide bonds. The SMILES string of the molecule is CC1CC2(CCN1C(=O)OC(C)(C)C)OC[C@H](O)c1cc(Cl)sc12. The van der Waals surface area contributed by atoms with Crippen LogP contribution in [-0.2, 0) is 15.1 Å². The highest BCUT2D eigenvalue weighted by Gasteiger charge is 2.48. The van der Waals surface area contributed by atoms with Gasteiger partial charge < -0.3 is 19.5 Å². The topological polar surface area (TPSA) is 59.0 Å². The highest BCUT2D eigenvalue weighted by atomic mass is 35.5. The minimum atomic E-state index is -0.631. The van der Waals surface area contributed by atoms with Gasteiger partial charge in [0.05, 0.1) is 10.9 Å². The molecule has 0 bridgehead atoms. The number of hydrogen-bond donors (Lipinski definition) is 1. The Balaban J connectivity index is 1.80. The van der Waals surface area contributed by atoms with E-state index in [-0.39, 0.29) is 18.7 Å². The van der Waals surface area contributed by atoms with Crippen molar-refractivity contribution in [3.8, 4) is 0 Å². The molecule has 5 nitrogen and oxygen atoms in total. The van der Waals surface area contributed by atoms with Crippen molar-refractivity contribution in [1.29, 1.82) is 0 Å². The standard InChI is InChI=1S/C17H24ClNO4S/c1-10-8-17(5-6-19(10)15(21)23-16(2,3)4)14-11(7-13(18)24-14)12(20)9-22-17/h7,10,12,20H,5-6,8-9H2,1-4H3/t10?,12-,17?/m0/s1. The molecule has 0 saturated carbocycles. The third-order valence-corrected chi connectivity index (χ3v) is 6.03. The maximum atomic E-state index is 12.4. The lowest BCUT2D eigenvalue weighted by atomic mass is 9.82. The quantitative estimate of drug-likeness (QED) is 0.744. The molecule has 1 N–H and O–H groups in total. The molecule has 0 radical (unpaired) electrons. The van der Waals surface area contributed by atoms with E-state index in [0.717, 1.165) is 10.4 Å². The van der Waals surface area contributed by atoms with Crippen LogP contribution in [0.25, 0.3) is 0 Å². The van der Waals surface area contributed by atoms with Gasteiger partial charge in [-0.15, -0.1) is 11.3 Å². The van der Waals surface area contributed by atoms with Gasteiger partial charge in [0, 0.05) is 29.4 Å². The van der Waals surface area contributed by atoms with Gasteiger partial charge in [0.15, 0.2) is 0 Å². The lowest BCUT2D eigenvalue weighted by Gasteiger charge is -2.47. The van der Waals surface area contributed by atoms with E-state index in [1.165, 1.54) is 11.3 Å². The Hall–Kier alpha value is -0.820. The smallest absolute Gasteiger partial charge is 0.410 e. The average molecular weight is 374 g/mol. The molecule has 7 heteroatoms. The van der Waals surface area contributed by atoms with Crippen molar-refractivity contribution in [2.24, 2.45) is 0 Å². The van der Waals surface area contributed by atoms with Crippen LogP contribution in [-0.4, -0.2) is 40.9 Å². The number of halogens is 1. The van der Waals surface area contributed by atoms with Crippen molar-refractivity contribution in [2.45, 2.75) is 63.9 Å². The summed E-state index contributed by atoms with van der Waals surface area (Å²) in [4.78, 5) is 15.2. The van der Waals surface area contributed by atoms with E-state index >= 15 is 0 Å². The number of fused-ring (bicyclic) bond motifs is 2. The fourth-order valence-electron chi connectivity index (χ4n) is 3.51. The van der Waals surface area contributed by atoms with Gasteiger partial charge >= 0.3 is 6.09 Å². The molecular weight excluding hydrogens is 350 g/mol. The van der Waals surface area contributed by atoms with E-state index in [9.17, 15) is 9.90 Å². The lowest BCUT2D eigenvalue weighted by Crippen LogP contribution is -2.53. The predicted molar refractivity (Wildman–Crippen MR) is 93.6 cm³/mol. The Morgan fingerprint density at radius 1 is 1.54 bits per heavy atom. The summed E-state index contributed by atoms with van der Waals surface area (Å²) < 4.78 is 12.2. The first-order chi connectivity index (χ1) is 11.1. The molecule has 2 aliphatic rings. The predicted octanol–water partition coefficient (Wildman–Crippen LogP) is 4.08. The van der Waals surface area contributed by atoms with Gasteiger partial charge in [0.2, 0.25) is 0 Å². The molecule has 0 aliphatic carbocycles. The van der Waals surface area contributed by atoms with Crippen molar-refractivity contribution < 1.29 is 19.4 Å². The number of piperidine rings is 1. The number of amides is 1. The molecule has 1 aromatic heterocycles. The number of ether oxygens (including phenoxy) is 2. The third-order valence-electron chi connectivity index (χ3n) is 4.56. The second-order valence-corrected chi connectivity index (χ2v) is 9.32. The van der Waals surface area contributed by atoms with Crippen molar-refractivity contribution >= 4 is 29.0 Å². The second kappa shape index (κ2) is 6.16. The van der Waals surface area contributed by atoms with Gasteiger partial charge in [-0.05, 0) is 40.2 Å². The summed E-state index contributed by atoms with van der Waals surface area (Å²) in [5.41, 5.74) is -0.106. The molecule has 1 saturated heterocycles. The van der Waals surface area contributed by atoms with Crippen molar-refractivity contribution in [1.82, 2.24) is 4.90 Å². The van der Waals surface area contributed by atoms with Gasteiger partial charge in [-0.3, -0.25) is 0 Å². The molecule has 2 unspecified atom stereocenters. The maximum Gasteiger partial charge on any atom is 0.410 e. The van der Waals surface area contributed by atoms with E-state index in [0.29, 0.717) is 23.7 Å². The fourth-order valence-corrected chi connectivity index (χ4v) is 4.98. The van der Waals surface area contributed by atoms with Crippen LogP contribution >= 0.6 is 22.9 Å². The fraction of sp³-hybridized carbons (Fsp3) is 0.706. The molecule has 1 fully saturated rings. The van der Waals surface area contributed by atoms with E-state index in [1.807, 2.05) is 33.8 Å². The molecule has 1 aromatic rings. The first kappa shape index (κ1) is 18.0. The van der Waals surface area contributed by atoms with Crippen LogP contribution in [0.2, 0.25) is 4.34 Å². The molecule has 3 heterocycles. The lowest BCUT2D eigenvalue weighted by molar-refractivity contribution is -0.136. The van der Waals surface area contributed by atoms with Gasteiger partial charge in [-0.1, -0.05) is 11.6 Å². The Bertz CT molecular complexity index is 641. The first-order valence-corrected chi connectivity index (χ1v) is 9.42. The van der Waals surface area contributed by atoms with E-state index in [1.54, 1.807) is 4.90 Å². The Morgan fingerprint density at radius 3 is 2.88 bits per heavy atom. The summed E-state index contributed by atoms with van der Waals surface area (Å²) in [6, 6.07) is 1.82. The summed E-state index contributed by atoms with van der Waals surface area (Å²) in [6.07, 6.45) is 0.425. The number of hydrogen-bond acceptors (Lipinski definition) is 5. The summed E-state index contributed by atoms with van der Waals surface area (Å²) >= 11 is 7.64. The van der Waals surface area contributed by atoms with E-state index < -0.39 is 17.3 Å². The van der Waals surface area contributed by atoms with Gasteiger partial charge in [-0.25, -0.2) is 4.79 Å². The molecule has 24 heavy (non-hydrogen) atoms. The number of nitrogens with zero attached hydrogens (tertiary/aromatic N) is 1. The highest BCUT2D eigenvalue weighted by Crippen LogP contribution is 2.50. The molecule has 2 aliphatic heterocycles. The van der Waals surface area contributed by atoms with E-state index in [2.05, 4.69) is 0 Å². The van der Waals surface area contributed by atoms with Crippen LogP contribution in [0.1, 0.15) is 57.1 Å². The molecule has 3 atom stereocenters. The van der Waals surface area contributed by atoms with Crippen LogP contribution < -0.4 is 0 Å². The highest BCUT2D eigenvalue weighted by molar-refractivity contribution is 7.16. The molecule has 134 valence electrons. The van der Waals surface area contributed by atoms with Gasteiger partial charge in [-0.2, -0.15) is 0 Å². The van der Waals surface area contributed by atoms with Crippen LogP contribution in [0.3, 0.4) is 0 Å². The number of aliphatic hydroxyl groups is 1.